The number of nitrogens with zero attached hydrogens (tertiary/aromatic N) is 6. The lowest BCUT2D eigenvalue weighted by molar-refractivity contribution is 0.481. The Kier molecular flexibility index (Phi) is 8.33. The molecule has 0 amide bonds. The number of anilines is 3. The summed E-state index contributed by atoms with van der Waals surface area (Å²) in [5.41, 5.74) is 8.25. The van der Waals surface area contributed by atoms with Crippen molar-refractivity contribution in [1.82, 2.24) is 19.5 Å². The van der Waals surface area contributed by atoms with Gasteiger partial charge in [-0.2, -0.15) is 0 Å². The van der Waals surface area contributed by atoms with Crippen LogP contribution in [0.5, 0.6) is 11.5 Å². The van der Waals surface area contributed by atoms with Crippen LogP contribution in [0.2, 0.25) is 0 Å². The minimum Gasteiger partial charge on any atom is -0.456 e. The minimum atomic E-state index is -0.287. The highest BCUT2D eigenvalue weighted by molar-refractivity contribution is 6.11. The number of para-hydroxylation sites is 3. The lowest BCUT2D eigenvalue weighted by Gasteiger charge is -2.23. The van der Waals surface area contributed by atoms with Gasteiger partial charge in [-0.05, 0) is 59.5 Å². The van der Waals surface area contributed by atoms with Gasteiger partial charge in [0.25, 0.3) is 0 Å². The average Bonchev–Trinajstić information content (AvgIpc) is 3.64. The first-order valence-corrected chi connectivity index (χ1v) is 18.9. The first-order chi connectivity index (χ1) is 25.6. The van der Waals surface area contributed by atoms with Crippen molar-refractivity contribution in [3.63, 3.8) is 0 Å². The van der Waals surface area contributed by atoms with Crippen LogP contribution in [0.3, 0.4) is 0 Å². The molecule has 274 valence electrons. The molecule has 7 heteroatoms. The van der Waals surface area contributed by atoms with E-state index in [4.69, 9.17) is 19.7 Å². The van der Waals surface area contributed by atoms with Crippen molar-refractivity contribution in [3.8, 4) is 28.6 Å². The van der Waals surface area contributed by atoms with Crippen LogP contribution in [0.4, 0.5) is 17.1 Å². The molecule has 0 saturated carbocycles. The van der Waals surface area contributed by atoms with Gasteiger partial charge < -0.3 is 19.1 Å². The fourth-order valence-electron chi connectivity index (χ4n) is 7.25. The Morgan fingerprint density at radius 1 is 0.556 bits per heavy atom. The van der Waals surface area contributed by atoms with Crippen LogP contribution in [0, 0.1) is 0 Å². The molecular formula is C47H50N6O. The largest absolute Gasteiger partial charge is 0.456 e. The molecule has 0 unspecified atom stereocenters. The number of fused-ring (bicyclic) bond motifs is 4. The van der Waals surface area contributed by atoms with Gasteiger partial charge in [-0.3, -0.25) is 0 Å². The van der Waals surface area contributed by atoms with E-state index in [9.17, 15) is 0 Å². The summed E-state index contributed by atoms with van der Waals surface area (Å²) in [6.45, 7) is 20.4. The van der Waals surface area contributed by atoms with Crippen molar-refractivity contribution in [2.24, 2.45) is 0 Å². The molecule has 3 heterocycles. The molecule has 7 aromatic rings. The van der Waals surface area contributed by atoms with Crippen LogP contribution in [0.15, 0.2) is 109 Å². The molecular weight excluding hydrogens is 665 g/mol. The third-order valence-corrected chi connectivity index (χ3v) is 10.3. The third kappa shape index (κ3) is 6.36. The van der Waals surface area contributed by atoms with E-state index in [0.29, 0.717) is 11.6 Å². The highest BCUT2D eigenvalue weighted by Crippen LogP contribution is 2.44. The van der Waals surface area contributed by atoms with E-state index < -0.39 is 0 Å². The van der Waals surface area contributed by atoms with Crippen molar-refractivity contribution in [3.05, 3.63) is 126 Å². The maximum atomic E-state index is 7.05. The summed E-state index contributed by atoms with van der Waals surface area (Å²) in [5, 5.41) is 2.26. The number of benzene rings is 5. The van der Waals surface area contributed by atoms with Crippen molar-refractivity contribution in [2.45, 2.75) is 78.6 Å². The van der Waals surface area contributed by atoms with Gasteiger partial charge in [0.1, 0.15) is 23.1 Å². The summed E-state index contributed by atoms with van der Waals surface area (Å²) in [7, 11) is 2.13. The Balaban J connectivity index is 1.37. The second kappa shape index (κ2) is 12.7. The smallest absolute Gasteiger partial charge is 0.167 e. The molecule has 1 aliphatic heterocycles. The van der Waals surface area contributed by atoms with Gasteiger partial charge in [-0.1, -0.05) is 111 Å². The van der Waals surface area contributed by atoms with Crippen LogP contribution in [0.1, 0.15) is 79.5 Å². The molecule has 0 N–H and O–H groups in total. The second-order valence-corrected chi connectivity index (χ2v) is 17.7. The predicted molar refractivity (Wildman–Crippen MR) is 224 cm³/mol. The molecule has 0 saturated heterocycles. The molecule has 0 atom stereocenters. The Morgan fingerprint density at radius 2 is 1.20 bits per heavy atom. The Bertz CT molecular complexity index is 2510. The van der Waals surface area contributed by atoms with Crippen LogP contribution in [-0.2, 0) is 16.2 Å². The molecule has 1 aliphatic rings. The first kappa shape index (κ1) is 35.3. The van der Waals surface area contributed by atoms with E-state index in [2.05, 4.69) is 187 Å². The van der Waals surface area contributed by atoms with E-state index >= 15 is 0 Å². The average molecular weight is 715 g/mol. The fraction of sp³-hybridized carbons (Fsp3) is 0.298. The van der Waals surface area contributed by atoms with Gasteiger partial charge in [-0.25, -0.2) is 15.0 Å². The maximum Gasteiger partial charge on any atom is 0.167 e. The number of hydrogen-bond acceptors (Lipinski definition) is 6. The summed E-state index contributed by atoms with van der Waals surface area (Å²) >= 11 is 0. The summed E-state index contributed by atoms with van der Waals surface area (Å²) in [6.07, 6.45) is 0. The number of rotatable bonds is 5. The molecule has 5 aromatic carbocycles. The standard InChI is InChI=1S/C47H50N6O/c1-45(2,3)30-17-15-19-32(25-30)53-37-22-12-11-21-34(37)35-27-36(42-48-43(46(4,5)6)50-44(49-42)47(7,8)9)41(28-40(35)53)54-33-20-16-18-31(26-33)52-29-51(10)38-23-13-14-24-39(38)52/h11-28H,29H2,1-10H3. The zero-order valence-corrected chi connectivity index (χ0v) is 33.2. The number of aromatic nitrogens is 4. The first-order valence-electron chi connectivity index (χ1n) is 18.9. The van der Waals surface area contributed by atoms with E-state index in [1.165, 1.54) is 16.9 Å². The van der Waals surface area contributed by atoms with E-state index in [0.717, 1.165) is 62.8 Å². The predicted octanol–water partition coefficient (Wildman–Crippen LogP) is 11.9. The lowest BCUT2D eigenvalue weighted by Crippen LogP contribution is -2.24. The van der Waals surface area contributed by atoms with Gasteiger partial charge >= 0.3 is 0 Å². The molecule has 0 spiro atoms. The van der Waals surface area contributed by atoms with Crippen LogP contribution in [-0.4, -0.2) is 33.2 Å². The van der Waals surface area contributed by atoms with Crippen LogP contribution >= 0.6 is 0 Å². The molecule has 7 nitrogen and oxygen atoms in total. The molecule has 0 bridgehead atoms. The minimum absolute atomic E-state index is 0.0000965. The van der Waals surface area contributed by atoms with Gasteiger partial charge in [0.05, 0.1) is 34.6 Å². The van der Waals surface area contributed by atoms with Crippen LogP contribution in [0.25, 0.3) is 38.9 Å². The fourth-order valence-corrected chi connectivity index (χ4v) is 7.25. The van der Waals surface area contributed by atoms with Gasteiger partial charge in [0.2, 0.25) is 0 Å². The summed E-state index contributed by atoms with van der Waals surface area (Å²) in [6, 6.07) is 38.8. The molecule has 54 heavy (non-hydrogen) atoms. The highest BCUT2D eigenvalue weighted by atomic mass is 16.5. The van der Waals surface area contributed by atoms with Gasteiger partial charge in [-0.15, -0.1) is 0 Å². The Hall–Kier alpha value is -5.69. The third-order valence-electron chi connectivity index (χ3n) is 10.3. The zero-order valence-electron chi connectivity index (χ0n) is 33.2. The van der Waals surface area contributed by atoms with E-state index in [-0.39, 0.29) is 16.2 Å². The Labute approximate surface area is 319 Å². The lowest BCUT2D eigenvalue weighted by atomic mass is 9.87. The second-order valence-electron chi connectivity index (χ2n) is 17.7. The quantitative estimate of drug-likeness (QED) is 0.177. The molecule has 0 fully saturated rings. The van der Waals surface area contributed by atoms with Crippen LogP contribution < -0.4 is 14.5 Å². The van der Waals surface area contributed by atoms with Crippen molar-refractivity contribution >= 4 is 38.9 Å². The molecule has 0 radical (unpaired) electrons. The highest BCUT2D eigenvalue weighted by Gasteiger charge is 2.28. The SMILES string of the molecule is CN1CN(c2cccc(Oc3cc4c(cc3-c3nc(C(C)(C)C)nc(C(C)(C)C)n3)c3ccccc3n4-c3cccc(C(C)(C)C)c3)c2)c2ccccc21. The normalized spacial score (nSPS) is 13.6. The molecule has 8 rings (SSSR count). The van der Waals surface area contributed by atoms with Gasteiger partial charge in [0, 0.05) is 52.2 Å². The summed E-state index contributed by atoms with van der Waals surface area (Å²) in [4.78, 5) is 19.9. The maximum absolute atomic E-state index is 7.05. The van der Waals surface area contributed by atoms with Gasteiger partial charge in [0.15, 0.2) is 5.82 Å². The monoisotopic (exact) mass is 714 g/mol. The summed E-state index contributed by atoms with van der Waals surface area (Å²) in [5.74, 6) is 3.53. The molecule has 0 aliphatic carbocycles. The summed E-state index contributed by atoms with van der Waals surface area (Å²) < 4.78 is 9.41. The van der Waals surface area contributed by atoms with E-state index in [1.807, 2.05) is 6.07 Å². The zero-order chi connectivity index (χ0) is 38.2. The number of ether oxygens (including phenoxy) is 1. The van der Waals surface area contributed by atoms with Crippen molar-refractivity contribution in [1.29, 1.82) is 0 Å². The van der Waals surface area contributed by atoms with Crippen molar-refractivity contribution < 1.29 is 4.74 Å². The topological polar surface area (TPSA) is 59.3 Å². The Morgan fingerprint density at radius 3 is 1.91 bits per heavy atom. The number of hydrogen-bond donors (Lipinski definition) is 0. The van der Waals surface area contributed by atoms with E-state index in [1.54, 1.807) is 0 Å². The van der Waals surface area contributed by atoms with Crippen molar-refractivity contribution in [2.75, 3.05) is 23.5 Å². The molecule has 2 aromatic heterocycles.